The lowest BCUT2D eigenvalue weighted by molar-refractivity contribution is -0.143. The molecule has 3 aliphatic rings. The summed E-state index contributed by atoms with van der Waals surface area (Å²) in [6.07, 6.45) is 6.10. The molecule has 4 atom stereocenters. The molecule has 0 unspecified atom stereocenters. The summed E-state index contributed by atoms with van der Waals surface area (Å²) >= 11 is 6.04. The second kappa shape index (κ2) is 18.4. The van der Waals surface area contributed by atoms with Gasteiger partial charge in [-0.2, -0.15) is 0 Å². The standard InChI is InChI=1S/C37H50ClN5O7S/c1-51(48,49)42-31(14-11-26-15-18-39-19-16-26)37(47)43-23-30(50-24-28-9-12-29(38)13-10-28)22-33(43)35(45)41-32(21-27-7-8-27)34(44)36(46)40-20-17-25-5-3-2-4-6-25/h2-6,9-10,12-13,26-27,30-33,39,42H,7-8,11,14-24H2,1H3,(H,40,46)(H,41,45)/t30-,31-,32+,33+/m1/s1. The third-order valence-corrected chi connectivity index (χ3v) is 10.9. The molecule has 0 bridgehead atoms. The maximum atomic E-state index is 14.2. The van der Waals surface area contributed by atoms with E-state index in [1.807, 2.05) is 42.5 Å². The number of hydrogen-bond donors (Lipinski definition) is 4. The van der Waals surface area contributed by atoms with Crippen LogP contribution in [0.5, 0.6) is 0 Å². The van der Waals surface area contributed by atoms with E-state index >= 15 is 0 Å². The Bertz CT molecular complexity index is 1600. The number of halogens is 1. The van der Waals surface area contributed by atoms with Gasteiger partial charge in [-0.15, -0.1) is 0 Å². The number of benzene rings is 2. The highest BCUT2D eigenvalue weighted by atomic mass is 35.5. The maximum absolute atomic E-state index is 14.2. The summed E-state index contributed by atoms with van der Waals surface area (Å²) in [7, 11) is -3.77. The van der Waals surface area contributed by atoms with Crippen molar-refractivity contribution < 1.29 is 32.3 Å². The van der Waals surface area contributed by atoms with Crippen LogP contribution < -0.4 is 20.7 Å². The normalized spacial score (nSPS) is 20.8. The van der Waals surface area contributed by atoms with E-state index in [2.05, 4.69) is 20.7 Å². The van der Waals surface area contributed by atoms with Crippen molar-refractivity contribution in [3.05, 3.63) is 70.7 Å². The molecule has 12 nitrogen and oxygen atoms in total. The molecule has 0 spiro atoms. The van der Waals surface area contributed by atoms with Crippen molar-refractivity contribution in [3.8, 4) is 0 Å². The van der Waals surface area contributed by atoms with E-state index in [9.17, 15) is 27.6 Å². The van der Waals surface area contributed by atoms with E-state index in [0.717, 1.165) is 56.2 Å². The monoisotopic (exact) mass is 743 g/mol. The van der Waals surface area contributed by atoms with Gasteiger partial charge in [-0.25, -0.2) is 13.1 Å². The summed E-state index contributed by atoms with van der Waals surface area (Å²) in [6.45, 7) is 2.28. The van der Waals surface area contributed by atoms with Crippen molar-refractivity contribution in [2.75, 3.05) is 32.4 Å². The summed E-state index contributed by atoms with van der Waals surface area (Å²) in [6, 6.07) is 13.6. The van der Waals surface area contributed by atoms with E-state index in [1.54, 1.807) is 12.1 Å². The zero-order valence-electron chi connectivity index (χ0n) is 29.2. The number of piperidine rings is 1. The molecule has 3 amide bonds. The van der Waals surface area contributed by atoms with Crippen molar-refractivity contribution >= 4 is 45.1 Å². The second-order valence-electron chi connectivity index (χ2n) is 14.1. The highest BCUT2D eigenvalue weighted by molar-refractivity contribution is 7.88. The molecule has 1 aliphatic carbocycles. The number of ether oxygens (including phenoxy) is 1. The summed E-state index contributed by atoms with van der Waals surface area (Å²) in [5.74, 6) is -2.02. The Morgan fingerprint density at radius 2 is 1.65 bits per heavy atom. The van der Waals surface area contributed by atoms with Crippen molar-refractivity contribution in [2.45, 2.75) is 88.6 Å². The number of likely N-dealkylation sites (tertiary alicyclic amines) is 1. The Balaban J connectivity index is 1.30. The van der Waals surface area contributed by atoms with Gasteiger partial charge in [0.1, 0.15) is 12.1 Å². The lowest BCUT2D eigenvalue weighted by Gasteiger charge is -2.30. The largest absolute Gasteiger partial charge is 0.372 e. The quantitative estimate of drug-likeness (QED) is 0.170. The molecule has 278 valence electrons. The van der Waals surface area contributed by atoms with E-state index in [-0.39, 0.29) is 38.5 Å². The van der Waals surface area contributed by atoms with Crippen molar-refractivity contribution in [3.63, 3.8) is 0 Å². The number of sulfonamides is 1. The molecule has 0 aromatic heterocycles. The molecule has 1 saturated carbocycles. The Morgan fingerprint density at radius 1 is 0.941 bits per heavy atom. The molecule has 2 aliphatic heterocycles. The van der Waals surface area contributed by atoms with E-state index in [1.165, 1.54) is 4.90 Å². The van der Waals surface area contributed by atoms with Gasteiger partial charge in [-0.05, 0) is 86.7 Å². The maximum Gasteiger partial charge on any atom is 0.289 e. The van der Waals surface area contributed by atoms with Gasteiger partial charge in [-0.3, -0.25) is 19.2 Å². The van der Waals surface area contributed by atoms with Crippen LogP contribution >= 0.6 is 11.6 Å². The zero-order valence-corrected chi connectivity index (χ0v) is 30.7. The highest BCUT2D eigenvalue weighted by Crippen LogP contribution is 2.34. The molecular weight excluding hydrogens is 694 g/mol. The first-order valence-corrected chi connectivity index (χ1v) is 20.2. The Labute approximate surface area is 305 Å². The number of ketones is 1. The molecule has 3 fully saturated rings. The Kier molecular flexibility index (Phi) is 14.0. The van der Waals surface area contributed by atoms with E-state index < -0.39 is 57.8 Å². The fourth-order valence-corrected chi connectivity index (χ4v) is 7.73. The van der Waals surface area contributed by atoms with Crippen LogP contribution in [0.15, 0.2) is 54.6 Å². The number of nitrogens with zero attached hydrogens (tertiary/aromatic N) is 1. The van der Waals surface area contributed by atoms with Crippen LogP contribution in [0.25, 0.3) is 0 Å². The second-order valence-corrected chi connectivity index (χ2v) is 16.3. The molecule has 5 rings (SSSR count). The Hall–Kier alpha value is -3.36. The average Bonchev–Trinajstić information content (AvgIpc) is 3.84. The minimum absolute atomic E-state index is 0.0566. The predicted octanol–water partition coefficient (Wildman–Crippen LogP) is 2.74. The lowest BCUT2D eigenvalue weighted by atomic mass is 9.91. The van der Waals surface area contributed by atoms with Crippen LogP contribution in [0.1, 0.15) is 62.5 Å². The van der Waals surface area contributed by atoms with Gasteiger partial charge in [0.2, 0.25) is 27.6 Å². The van der Waals surface area contributed by atoms with Crippen molar-refractivity contribution in [1.29, 1.82) is 0 Å². The fourth-order valence-electron chi connectivity index (χ4n) is 6.87. The SMILES string of the molecule is CS(=O)(=O)N[C@H](CCC1CCNCC1)C(=O)N1C[C@H](OCc2ccc(Cl)cc2)C[C@H]1C(=O)N[C@@H](CC1CC1)C(=O)C(=O)NCCc1ccccc1. The number of carbonyl (C=O) groups is 4. The van der Waals surface area contributed by atoms with E-state index in [4.69, 9.17) is 16.3 Å². The van der Waals surface area contributed by atoms with Crippen LogP contribution in [0.2, 0.25) is 5.02 Å². The van der Waals surface area contributed by atoms with Crippen LogP contribution in [-0.2, 0) is 47.0 Å². The summed E-state index contributed by atoms with van der Waals surface area (Å²) < 4.78 is 33.6. The average molecular weight is 744 g/mol. The first kappa shape index (κ1) is 38.9. The summed E-state index contributed by atoms with van der Waals surface area (Å²) in [4.78, 5) is 56.1. The van der Waals surface area contributed by atoms with Gasteiger partial charge in [0.15, 0.2) is 0 Å². The van der Waals surface area contributed by atoms with E-state index in [0.29, 0.717) is 30.2 Å². The zero-order chi connectivity index (χ0) is 36.4. The van der Waals surface area contributed by atoms with Gasteiger partial charge in [-0.1, -0.05) is 66.9 Å². The molecule has 51 heavy (non-hydrogen) atoms. The Morgan fingerprint density at radius 3 is 2.31 bits per heavy atom. The van der Waals surface area contributed by atoms with Gasteiger partial charge in [0.25, 0.3) is 5.91 Å². The van der Waals surface area contributed by atoms with Gasteiger partial charge in [0.05, 0.1) is 25.0 Å². The van der Waals surface area contributed by atoms with Crippen LogP contribution in [0, 0.1) is 11.8 Å². The highest BCUT2D eigenvalue weighted by Gasteiger charge is 2.44. The fraction of sp³-hybridized carbons (Fsp3) is 0.568. The van der Waals surface area contributed by atoms with Crippen molar-refractivity contribution in [2.24, 2.45) is 11.8 Å². The van der Waals surface area contributed by atoms with Crippen LogP contribution in [0.4, 0.5) is 0 Å². The minimum atomic E-state index is -3.77. The molecule has 14 heteroatoms. The van der Waals surface area contributed by atoms with Gasteiger partial charge >= 0.3 is 0 Å². The van der Waals surface area contributed by atoms with Crippen LogP contribution in [-0.4, -0.2) is 93.5 Å². The third kappa shape index (κ3) is 12.4. The van der Waals surface area contributed by atoms with Crippen LogP contribution in [0.3, 0.4) is 0 Å². The summed E-state index contributed by atoms with van der Waals surface area (Å²) in [5, 5.41) is 9.42. The van der Waals surface area contributed by atoms with Gasteiger partial charge < -0.3 is 25.6 Å². The number of rotatable bonds is 18. The third-order valence-electron chi connectivity index (χ3n) is 9.89. The van der Waals surface area contributed by atoms with Crippen molar-refractivity contribution in [1.82, 2.24) is 25.6 Å². The molecule has 0 radical (unpaired) electrons. The molecular formula is C37H50ClN5O7S. The number of carbonyl (C=O) groups excluding carboxylic acids is 4. The smallest absolute Gasteiger partial charge is 0.289 e. The van der Waals surface area contributed by atoms with Gasteiger partial charge in [0, 0.05) is 24.5 Å². The molecule has 2 aromatic carbocycles. The number of amides is 3. The first-order chi connectivity index (χ1) is 24.4. The molecule has 2 heterocycles. The number of hydrogen-bond acceptors (Lipinski definition) is 8. The molecule has 2 aromatic rings. The topological polar surface area (TPSA) is 163 Å². The first-order valence-electron chi connectivity index (χ1n) is 18.0. The predicted molar refractivity (Wildman–Crippen MR) is 194 cm³/mol. The lowest BCUT2D eigenvalue weighted by Crippen LogP contribution is -2.56. The molecule has 2 saturated heterocycles. The minimum Gasteiger partial charge on any atom is -0.372 e. The number of Topliss-reactive ketones (excluding diaryl/α,β-unsaturated/α-hetero) is 1. The summed E-state index contributed by atoms with van der Waals surface area (Å²) in [5.41, 5.74) is 1.88. The number of nitrogens with one attached hydrogen (secondary N) is 4. The molecule has 4 N–H and O–H groups in total.